The summed E-state index contributed by atoms with van der Waals surface area (Å²) in [6, 6.07) is 16.5. The fourth-order valence-corrected chi connectivity index (χ4v) is 7.16. The Kier molecular flexibility index (Phi) is 9.13. The van der Waals surface area contributed by atoms with E-state index >= 15 is 0 Å². The Bertz CT molecular complexity index is 1340. The molecule has 0 saturated carbocycles. The Morgan fingerprint density at radius 3 is 2.61 bits per heavy atom. The molecule has 0 atom stereocenters. The van der Waals surface area contributed by atoms with E-state index in [1.165, 1.54) is 11.8 Å². The first kappa shape index (κ1) is 27.7. The molecule has 1 aromatic heterocycles. The lowest BCUT2D eigenvalue weighted by atomic mass is 10.0. The number of morpholine rings is 1. The van der Waals surface area contributed by atoms with Gasteiger partial charge in [0.2, 0.25) is 10.0 Å². The van der Waals surface area contributed by atoms with Crippen molar-refractivity contribution in [2.75, 3.05) is 51.4 Å². The summed E-state index contributed by atoms with van der Waals surface area (Å²) in [5.41, 5.74) is 5.31. The molecule has 0 spiro atoms. The van der Waals surface area contributed by atoms with E-state index in [1.54, 1.807) is 16.1 Å². The van der Waals surface area contributed by atoms with Crippen LogP contribution in [0.25, 0.3) is 11.3 Å². The number of sulfonamides is 1. The van der Waals surface area contributed by atoms with Crippen LogP contribution in [0, 0.1) is 0 Å². The van der Waals surface area contributed by atoms with Crippen LogP contribution in [0.5, 0.6) is 0 Å². The molecule has 0 unspecified atom stereocenters. The summed E-state index contributed by atoms with van der Waals surface area (Å²) in [7, 11) is -3.29. The Labute approximate surface area is 235 Å². The summed E-state index contributed by atoms with van der Waals surface area (Å²) in [6.07, 6.45) is 3.90. The lowest BCUT2D eigenvalue weighted by Gasteiger charge is -2.27. The van der Waals surface area contributed by atoms with E-state index in [2.05, 4.69) is 39.9 Å². The maximum Gasteiger partial charge on any atom is 0.211 e. The van der Waals surface area contributed by atoms with Crippen LogP contribution in [0.1, 0.15) is 23.2 Å². The third kappa shape index (κ3) is 6.81. The van der Waals surface area contributed by atoms with Crippen molar-refractivity contribution in [1.29, 1.82) is 0 Å². The van der Waals surface area contributed by atoms with Crippen molar-refractivity contribution >= 4 is 33.4 Å². The third-order valence-corrected chi connectivity index (χ3v) is 9.96. The van der Waals surface area contributed by atoms with Gasteiger partial charge in [0.25, 0.3) is 0 Å². The van der Waals surface area contributed by atoms with Gasteiger partial charge in [0.15, 0.2) is 0 Å². The van der Waals surface area contributed by atoms with Crippen LogP contribution in [0.4, 0.5) is 0 Å². The average Bonchev–Trinajstić information content (AvgIpc) is 3.28. The van der Waals surface area contributed by atoms with Crippen LogP contribution in [-0.4, -0.2) is 78.8 Å². The summed E-state index contributed by atoms with van der Waals surface area (Å²) < 4.78 is 33.9. The van der Waals surface area contributed by atoms with Gasteiger partial charge in [-0.15, -0.1) is 11.8 Å². The zero-order valence-electron chi connectivity index (χ0n) is 21.8. The standard InChI is InChI=1S/C28H35ClN4O3S2/c1-38(34,35)32-14-10-26-24(21-32)28(30-33(26)13-5-12-31-15-17-36-18-16-31)23-8-9-25(29)27(20-23)37-19-11-22-6-3-2-4-7-22/h2-4,6-9,20H,5,10-19,21H2,1H3. The minimum atomic E-state index is -3.29. The van der Waals surface area contributed by atoms with Crippen molar-refractivity contribution in [3.8, 4) is 11.3 Å². The molecule has 2 aliphatic rings. The SMILES string of the molecule is CS(=O)(=O)N1CCc2c(c(-c3ccc(Cl)c(SCCc4ccccc4)c3)nn2CCCN2CCOCC2)C1. The number of hydrogen-bond donors (Lipinski definition) is 0. The monoisotopic (exact) mass is 574 g/mol. The summed E-state index contributed by atoms with van der Waals surface area (Å²) >= 11 is 8.33. The van der Waals surface area contributed by atoms with Crippen molar-refractivity contribution in [3.63, 3.8) is 0 Å². The molecule has 10 heteroatoms. The zero-order valence-corrected chi connectivity index (χ0v) is 24.2. The van der Waals surface area contributed by atoms with Crippen LogP contribution < -0.4 is 0 Å². The van der Waals surface area contributed by atoms with E-state index in [1.807, 2.05) is 18.2 Å². The average molecular weight is 575 g/mol. The van der Waals surface area contributed by atoms with Gasteiger partial charge in [-0.25, -0.2) is 8.42 Å². The predicted octanol–water partition coefficient (Wildman–Crippen LogP) is 4.58. The van der Waals surface area contributed by atoms with Crippen molar-refractivity contribution in [3.05, 3.63) is 70.4 Å². The quantitative estimate of drug-likeness (QED) is 0.330. The predicted molar refractivity (Wildman–Crippen MR) is 154 cm³/mol. The fourth-order valence-electron chi connectivity index (χ4n) is 5.12. The fraction of sp³-hybridized carbons (Fsp3) is 0.464. The molecule has 2 aliphatic heterocycles. The van der Waals surface area contributed by atoms with Gasteiger partial charge in [-0.1, -0.05) is 48.0 Å². The number of nitrogens with zero attached hydrogens (tertiary/aromatic N) is 4. The number of rotatable bonds is 10. The third-order valence-electron chi connectivity index (χ3n) is 7.21. The summed E-state index contributed by atoms with van der Waals surface area (Å²) in [5, 5.41) is 5.78. The second-order valence-corrected chi connectivity index (χ2v) is 13.4. The van der Waals surface area contributed by atoms with Crippen LogP contribution in [-0.2, 0) is 40.7 Å². The van der Waals surface area contributed by atoms with Crippen LogP contribution >= 0.6 is 23.4 Å². The van der Waals surface area contributed by atoms with Crippen LogP contribution in [0.2, 0.25) is 5.02 Å². The topological polar surface area (TPSA) is 67.7 Å². The summed E-state index contributed by atoms with van der Waals surface area (Å²) in [5.74, 6) is 0.920. The lowest BCUT2D eigenvalue weighted by Crippen LogP contribution is -2.37. The van der Waals surface area contributed by atoms with E-state index in [0.29, 0.717) is 19.5 Å². The molecule has 0 bridgehead atoms. The van der Waals surface area contributed by atoms with Crippen LogP contribution in [0.15, 0.2) is 53.4 Å². The number of thioether (sulfide) groups is 1. The van der Waals surface area contributed by atoms with E-state index in [9.17, 15) is 8.42 Å². The highest BCUT2D eigenvalue weighted by molar-refractivity contribution is 7.99. The van der Waals surface area contributed by atoms with Crippen molar-refractivity contribution in [2.45, 2.75) is 37.2 Å². The van der Waals surface area contributed by atoms with Gasteiger partial charge in [0, 0.05) is 73.2 Å². The van der Waals surface area contributed by atoms with Gasteiger partial charge < -0.3 is 4.74 Å². The van der Waals surface area contributed by atoms with E-state index in [-0.39, 0.29) is 0 Å². The molecule has 1 saturated heterocycles. The highest BCUT2D eigenvalue weighted by Crippen LogP contribution is 2.36. The highest BCUT2D eigenvalue weighted by Gasteiger charge is 2.30. The molecule has 0 radical (unpaired) electrons. The molecule has 7 nitrogen and oxygen atoms in total. The van der Waals surface area contributed by atoms with E-state index in [4.69, 9.17) is 21.4 Å². The second-order valence-electron chi connectivity index (χ2n) is 9.88. The molecule has 1 fully saturated rings. The van der Waals surface area contributed by atoms with Gasteiger partial charge in [-0.05, 0) is 30.5 Å². The van der Waals surface area contributed by atoms with E-state index in [0.717, 1.165) is 90.4 Å². The van der Waals surface area contributed by atoms with E-state index < -0.39 is 10.0 Å². The van der Waals surface area contributed by atoms with Gasteiger partial charge in [0.05, 0.1) is 30.2 Å². The zero-order chi connectivity index (χ0) is 26.5. The first-order chi connectivity index (χ1) is 18.4. The Balaban J connectivity index is 1.37. The number of ether oxygens (including phenoxy) is 1. The number of benzene rings is 2. The Morgan fingerprint density at radius 2 is 1.84 bits per heavy atom. The Morgan fingerprint density at radius 1 is 1.05 bits per heavy atom. The molecular weight excluding hydrogens is 540 g/mol. The van der Waals surface area contributed by atoms with Gasteiger partial charge >= 0.3 is 0 Å². The van der Waals surface area contributed by atoms with Gasteiger partial charge in [-0.2, -0.15) is 9.40 Å². The highest BCUT2D eigenvalue weighted by atomic mass is 35.5. The minimum absolute atomic E-state index is 0.353. The summed E-state index contributed by atoms with van der Waals surface area (Å²) in [6.45, 7) is 6.20. The molecule has 204 valence electrons. The maximum absolute atomic E-state index is 12.4. The number of fused-ring (bicyclic) bond motifs is 1. The first-order valence-electron chi connectivity index (χ1n) is 13.2. The van der Waals surface area contributed by atoms with Crippen molar-refractivity contribution < 1.29 is 13.2 Å². The maximum atomic E-state index is 12.4. The molecule has 3 aromatic rings. The molecule has 2 aromatic carbocycles. The Hall–Kier alpha value is -1.88. The second kappa shape index (κ2) is 12.5. The van der Waals surface area contributed by atoms with Crippen molar-refractivity contribution in [1.82, 2.24) is 19.0 Å². The molecule has 0 aliphatic carbocycles. The van der Waals surface area contributed by atoms with Gasteiger partial charge in [0.1, 0.15) is 0 Å². The van der Waals surface area contributed by atoms with Crippen molar-refractivity contribution in [2.24, 2.45) is 0 Å². The number of aryl methyl sites for hydroxylation is 2. The molecular formula is C28H35ClN4O3S2. The molecule has 0 N–H and O–H groups in total. The molecule has 3 heterocycles. The molecule has 38 heavy (non-hydrogen) atoms. The van der Waals surface area contributed by atoms with Crippen LogP contribution in [0.3, 0.4) is 0 Å². The number of hydrogen-bond acceptors (Lipinski definition) is 6. The largest absolute Gasteiger partial charge is 0.379 e. The first-order valence-corrected chi connectivity index (χ1v) is 16.4. The molecule has 0 amide bonds. The number of aromatic nitrogens is 2. The normalized spacial score (nSPS) is 17.0. The smallest absolute Gasteiger partial charge is 0.211 e. The minimum Gasteiger partial charge on any atom is -0.379 e. The molecule has 5 rings (SSSR count). The number of halogens is 1. The van der Waals surface area contributed by atoms with Gasteiger partial charge in [-0.3, -0.25) is 9.58 Å². The lowest BCUT2D eigenvalue weighted by molar-refractivity contribution is 0.0368. The summed E-state index contributed by atoms with van der Waals surface area (Å²) in [4.78, 5) is 3.45.